The fourth-order valence-corrected chi connectivity index (χ4v) is 2.05. The SMILES string of the molecule is CCOC(=O)Cc1csc(-c2ccco2)n1. The van der Waals surface area contributed by atoms with Crippen LogP contribution in [0.4, 0.5) is 0 Å². The topological polar surface area (TPSA) is 52.3 Å². The minimum absolute atomic E-state index is 0.213. The van der Waals surface area contributed by atoms with Crippen LogP contribution in [-0.2, 0) is 16.0 Å². The second kappa shape index (κ2) is 4.94. The molecule has 0 fully saturated rings. The van der Waals surface area contributed by atoms with E-state index in [-0.39, 0.29) is 12.4 Å². The van der Waals surface area contributed by atoms with Gasteiger partial charge in [-0.05, 0) is 19.1 Å². The summed E-state index contributed by atoms with van der Waals surface area (Å²) in [7, 11) is 0. The monoisotopic (exact) mass is 237 g/mol. The molecule has 0 N–H and O–H groups in total. The number of hydrogen-bond donors (Lipinski definition) is 0. The lowest BCUT2D eigenvalue weighted by Gasteiger charge is -1.97. The number of rotatable bonds is 4. The van der Waals surface area contributed by atoms with E-state index in [2.05, 4.69) is 4.98 Å². The summed E-state index contributed by atoms with van der Waals surface area (Å²) >= 11 is 1.45. The van der Waals surface area contributed by atoms with Crippen molar-refractivity contribution < 1.29 is 13.9 Å². The molecular weight excluding hydrogens is 226 g/mol. The normalized spacial score (nSPS) is 10.3. The Labute approximate surface area is 96.9 Å². The molecule has 5 heteroatoms. The number of nitrogens with zero attached hydrogens (tertiary/aromatic N) is 1. The Hall–Kier alpha value is -1.62. The van der Waals surface area contributed by atoms with Gasteiger partial charge < -0.3 is 9.15 Å². The average Bonchev–Trinajstić information content (AvgIpc) is 2.86. The smallest absolute Gasteiger partial charge is 0.311 e. The molecule has 0 amide bonds. The number of esters is 1. The Balaban J connectivity index is 2.06. The van der Waals surface area contributed by atoms with Crippen molar-refractivity contribution in [2.45, 2.75) is 13.3 Å². The Kier molecular flexibility index (Phi) is 3.36. The van der Waals surface area contributed by atoms with Crippen molar-refractivity contribution in [2.24, 2.45) is 0 Å². The van der Waals surface area contributed by atoms with Crippen LogP contribution in [0.5, 0.6) is 0 Å². The van der Waals surface area contributed by atoms with Crippen molar-refractivity contribution in [1.29, 1.82) is 0 Å². The van der Waals surface area contributed by atoms with Crippen LogP contribution in [-0.4, -0.2) is 17.6 Å². The molecule has 0 saturated carbocycles. The van der Waals surface area contributed by atoms with Crippen molar-refractivity contribution in [2.75, 3.05) is 6.61 Å². The van der Waals surface area contributed by atoms with Gasteiger partial charge in [0.05, 0.1) is 25.0 Å². The van der Waals surface area contributed by atoms with E-state index >= 15 is 0 Å². The van der Waals surface area contributed by atoms with Gasteiger partial charge in [-0.1, -0.05) is 0 Å². The number of carbonyl (C=O) groups is 1. The van der Waals surface area contributed by atoms with E-state index in [0.717, 1.165) is 16.5 Å². The molecule has 16 heavy (non-hydrogen) atoms. The molecule has 0 aliphatic rings. The predicted octanol–water partition coefficient (Wildman–Crippen LogP) is 2.51. The fraction of sp³-hybridized carbons (Fsp3) is 0.273. The van der Waals surface area contributed by atoms with Crippen LogP contribution >= 0.6 is 11.3 Å². The van der Waals surface area contributed by atoms with Crippen molar-refractivity contribution in [1.82, 2.24) is 4.98 Å². The first-order chi connectivity index (χ1) is 7.79. The Morgan fingerprint density at radius 3 is 3.19 bits per heavy atom. The fourth-order valence-electron chi connectivity index (χ4n) is 1.26. The number of furan rings is 1. The average molecular weight is 237 g/mol. The number of hydrogen-bond acceptors (Lipinski definition) is 5. The summed E-state index contributed by atoms with van der Waals surface area (Å²) < 4.78 is 10.1. The highest BCUT2D eigenvalue weighted by atomic mass is 32.1. The standard InChI is InChI=1S/C11H11NO3S/c1-2-14-10(13)6-8-7-16-11(12-8)9-4-3-5-15-9/h3-5,7H,2,6H2,1H3. The largest absolute Gasteiger partial charge is 0.466 e. The molecule has 0 aliphatic carbocycles. The van der Waals surface area contributed by atoms with Gasteiger partial charge >= 0.3 is 5.97 Å². The predicted molar refractivity (Wildman–Crippen MR) is 60.2 cm³/mol. The minimum atomic E-state index is -0.251. The quantitative estimate of drug-likeness (QED) is 0.767. The van der Waals surface area contributed by atoms with E-state index < -0.39 is 0 Å². The van der Waals surface area contributed by atoms with Gasteiger partial charge in [-0.2, -0.15) is 0 Å². The summed E-state index contributed by atoms with van der Waals surface area (Å²) in [5.41, 5.74) is 0.717. The zero-order chi connectivity index (χ0) is 11.4. The molecule has 0 saturated heterocycles. The molecule has 4 nitrogen and oxygen atoms in total. The summed E-state index contributed by atoms with van der Waals surface area (Å²) in [5, 5.41) is 2.62. The lowest BCUT2D eigenvalue weighted by atomic mass is 10.3. The molecule has 0 aliphatic heterocycles. The molecular formula is C11H11NO3S. The summed E-state index contributed by atoms with van der Waals surface area (Å²) in [6, 6.07) is 3.65. The van der Waals surface area contributed by atoms with E-state index in [9.17, 15) is 4.79 Å². The number of carbonyl (C=O) groups excluding carboxylic acids is 1. The lowest BCUT2D eigenvalue weighted by Crippen LogP contribution is -2.07. The highest BCUT2D eigenvalue weighted by molar-refractivity contribution is 7.13. The molecule has 0 spiro atoms. The molecule has 0 bridgehead atoms. The second-order valence-corrected chi connectivity index (χ2v) is 3.96. The highest BCUT2D eigenvalue weighted by Gasteiger charge is 2.10. The second-order valence-electron chi connectivity index (χ2n) is 3.10. The number of ether oxygens (including phenoxy) is 1. The van der Waals surface area contributed by atoms with Crippen LogP contribution in [0.15, 0.2) is 28.2 Å². The van der Waals surface area contributed by atoms with Gasteiger partial charge in [0, 0.05) is 5.38 Å². The summed E-state index contributed by atoms with van der Waals surface area (Å²) in [6.07, 6.45) is 1.81. The van der Waals surface area contributed by atoms with Crippen LogP contribution < -0.4 is 0 Å². The maximum Gasteiger partial charge on any atom is 0.311 e. The minimum Gasteiger partial charge on any atom is -0.466 e. The van der Waals surface area contributed by atoms with Gasteiger partial charge in [0.25, 0.3) is 0 Å². The van der Waals surface area contributed by atoms with Crippen LogP contribution in [0.2, 0.25) is 0 Å². The van der Waals surface area contributed by atoms with Crippen LogP contribution in [0.3, 0.4) is 0 Å². The maximum atomic E-state index is 11.2. The summed E-state index contributed by atoms with van der Waals surface area (Å²) in [5.74, 6) is 0.471. The van der Waals surface area contributed by atoms with E-state index in [0.29, 0.717) is 6.61 Å². The third-order valence-corrected chi connectivity index (χ3v) is 2.82. The Morgan fingerprint density at radius 1 is 1.62 bits per heavy atom. The molecule has 0 atom stereocenters. The van der Waals surface area contributed by atoms with Gasteiger partial charge in [-0.15, -0.1) is 11.3 Å². The van der Waals surface area contributed by atoms with Gasteiger partial charge in [0.2, 0.25) is 0 Å². The van der Waals surface area contributed by atoms with Gasteiger partial charge in [-0.25, -0.2) is 4.98 Å². The number of aromatic nitrogens is 1. The molecule has 2 aromatic rings. The van der Waals surface area contributed by atoms with Crippen molar-refractivity contribution >= 4 is 17.3 Å². The van der Waals surface area contributed by atoms with E-state index in [1.54, 1.807) is 13.2 Å². The van der Waals surface area contributed by atoms with Crippen LogP contribution in [0, 0.1) is 0 Å². The zero-order valence-corrected chi connectivity index (χ0v) is 9.62. The molecule has 2 aromatic heterocycles. The summed E-state index contributed by atoms with van der Waals surface area (Å²) in [6.45, 7) is 2.18. The van der Waals surface area contributed by atoms with E-state index in [1.807, 2.05) is 17.5 Å². The highest BCUT2D eigenvalue weighted by Crippen LogP contribution is 2.24. The van der Waals surface area contributed by atoms with Crippen molar-refractivity contribution in [3.63, 3.8) is 0 Å². The molecule has 0 unspecified atom stereocenters. The lowest BCUT2D eigenvalue weighted by molar-refractivity contribution is -0.142. The third kappa shape index (κ3) is 2.49. The first-order valence-electron chi connectivity index (χ1n) is 4.93. The zero-order valence-electron chi connectivity index (χ0n) is 8.80. The first kappa shape index (κ1) is 10.9. The summed E-state index contributed by atoms with van der Waals surface area (Å²) in [4.78, 5) is 15.5. The molecule has 2 rings (SSSR count). The first-order valence-corrected chi connectivity index (χ1v) is 5.81. The van der Waals surface area contributed by atoms with Gasteiger partial charge in [0.15, 0.2) is 10.8 Å². The third-order valence-electron chi connectivity index (χ3n) is 1.91. The van der Waals surface area contributed by atoms with E-state index in [4.69, 9.17) is 9.15 Å². The maximum absolute atomic E-state index is 11.2. The van der Waals surface area contributed by atoms with Crippen molar-refractivity contribution in [3.05, 3.63) is 29.5 Å². The molecule has 2 heterocycles. The van der Waals surface area contributed by atoms with E-state index in [1.165, 1.54) is 11.3 Å². The number of thiazole rings is 1. The molecule has 0 aromatic carbocycles. The van der Waals surface area contributed by atoms with Crippen LogP contribution in [0.25, 0.3) is 10.8 Å². The molecule has 84 valence electrons. The van der Waals surface area contributed by atoms with Crippen molar-refractivity contribution in [3.8, 4) is 10.8 Å². The Morgan fingerprint density at radius 2 is 2.50 bits per heavy atom. The van der Waals surface area contributed by atoms with Gasteiger partial charge in [0.1, 0.15) is 0 Å². The molecule has 0 radical (unpaired) electrons. The van der Waals surface area contributed by atoms with Crippen LogP contribution in [0.1, 0.15) is 12.6 Å². The van der Waals surface area contributed by atoms with Gasteiger partial charge in [-0.3, -0.25) is 4.79 Å². The Bertz CT molecular complexity index is 461.